The van der Waals surface area contributed by atoms with Gasteiger partial charge < -0.3 is 11.1 Å². The fourth-order valence-corrected chi connectivity index (χ4v) is 1.64. The second-order valence-corrected chi connectivity index (χ2v) is 4.81. The fraction of sp³-hybridized carbons (Fsp3) is 0.300. The normalized spacial score (nSPS) is 12.3. The van der Waals surface area contributed by atoms with Gasteiger partial charge in [0.2, 0.25) is 0 Å². The Morgan fingerprint density at radius 3 is 2.87 bits per heavy atom. The van der Waals surface area contributed by atoms with Gasteiger partial charge in [0.1, 0.15) is 0 Å². The van der Waals surface area contributed by atoms with E-state index in [1.165, 1.54) is 0 Å². The first kappa shape index (κ1) is 12.7. The number of rotatable bonds is 3. The van der Waals surface area contributed by atoms with Crippen molar-refractivity contribution in [2.45, 2.75) is 13.0 Å². The van der Waals surface area contributed by atoms with Crippen LogP contribution in [0.2, 0.25) is 5.02 Å². The van der Waals surface area contributed by atoms with Crippen molar-refractivity contribution < 1.29 is 4.79 Å². The summed E-state index contributed by atoms with van der Waals surface area (Å²) in [4.78, 5) is 11.7. The van der Waals surface area contributed by atoms with Crippen molar-refractivity contribution >= 4 is 40.1 Å². The van der Waals surface area contributed by atoms with Gasteiger partial charge in [-0.25, -0.2) is 0 Å². The molecule has 0 aromatic heterocycles. The lowest BCUT2D eigenvalue weighted by molar-refractivity contribution is 0.0941. The van der Waals surface area contributed by atoms with Crippen LogP contribution >= 0.6 is 34.2 Å². The van der Waals surface area contributed by atoms with Gasteiger partial charge >= 0.3 is 0 Å². The molecule has 0 saturated carbocycles. The number of halogens is 2. The maximum Gasteiger partial charge on any atom is 0.251 e. The molecule has 15 heavy (non-hydrogen) atoms. The molecule has 1 amide bonds. The summed E-state index contributed by atoms with van der Waals surface area (Å²) >= 11 is 7.95. The lowest BCUT2D eigenvalue weighted by Crippen LogP contribution is -2.37. The minimum absolute atomic E-state index is 0.0224. The van der Waals surface area contributed by atoms with Gasteiger partial charge in [0.05, 0.1) is 5.02 Å². The first-order chi connectivity index (χ1) is 7.04. The van der Waals surface area contributed by atoms with E-state index in [-0.39, 0.29) is 11.9 Å². The molecule has 0 aliphatic rings. The van der Waals surface area contributed by atoms with Crippen molar-refractivity contribution in [1.29, 1.82) is 0 Å². The Morgan fingerprint density at radius 2 is 2.33 bits per heavy atom. The van der Waals surface area contributed by atoms with Crippen LogP contribution in [-0.2, 0) is 0 Å². The van der Waals surface area contributed by atoms with Crippen molar-refractivity contribution in [3.8, 4) is 0 Å². The molecule has 0 spiro atoms. The summed E-state index contributed by atoms with van der Waals surface area (Å²) < 4.78 is 0.863. The lowest BCUT2D eigenvalue weighted by Gasteiger charge is -2.11. The van der Waals surface area contributed by atoms with Gasteiger partial charge in [0.25, 0.3) is 5.91 Å². The van der Waals surface area contributed by atoms with Crippen molar-refractivity contribution in [3.63, 3.8) is 0 Å². The molecular formula is C10H12ClIN2O. The molecule has 0 aliphatic carbocycles. The van der Waals surface area contributed by atoms with Crippen molar-refractivity contribution in [2.24, 2.45) is 5.73 Å². The van der Waals surface area contributed by atoms with Crippen LogP contribution < -0.4 is 11.1 Å². The van der Waals surface area contributed by atoms with Crippen molar-refractivity contribution in [3.05, 3.63) is 32.4 Å². The maximum atomic E-state index is 11.7. The summed E-state index contributed by atoms with van der Waals surface area (Å²) in [6, 6.07) is 5.14. The third-order valence-corrected chi connectivity index (χ3v) is 3.45. The second-order valence-electron chi connectivity index (χ2n) is 3.24. The summed E-state index contributed by atoms with van der Waals surface area (Å²) in [6.45, 7) is 2.29. The predicted octanol–water partition coefficient (Wildman–Crippen LogP) is 2.02. The topological polar surface area (TPSA) is 55.1 Å². The summed E-state index contributed by atoms with van der Waals surface area (Å²) in [5, 5.41) is 3.43. The van der Waals surface area contributed by atoms with E-state index < -0.39 is 0 Å². The smallest absolute Gasteiger partial charge is 0.251 e. The van der Waals surface area contributed by atoms with Crippen LogP contribution in [0.4, 0.5) is 0 Å². The van der Waals surface area contributed by atoms with Gasteiger partial charge in [-0.15, -0.1) is 0 Å². The highest BCUT2D eigenvalue weighted by Crippen LogP contribution is 2.19. The highest BCUT2D eigenvalue weighted by Gasteiger charge is 2.09. The number of nitrogens with one attached hydrogen (secondary N) is 1. The number of hydrogen-bond acceptors (Lipinski definition) is 2. The van der Waals surface area contributed by atoms with E-state index >= 15 is 0 Å². The number of carbonyl (C=O) groups is 1. The molecule has 0 unspecified atom stereocenters. The molecule has 0 aliphatic heterocycles. The van der Waals surface area contributed by atoms with E-state index in [0.29, 0.717) is 17.1 Å². The molecule has 1 atom stereocenters. The largest absolute Gasteiger partial charge is 0.348 e. The summed E-state index contributed by atoms with van der Waals surface area (Å²) in [7, 11) is 0. The molecule has 1 rings (SSSR count). The van der Waals surface area contributed by atoms with E-state index in [2.05, 4.69) is 27.9 Å². The number of benzene rings is 1. The molecule has 1 aromatic carbocycles. The van der Waals surface area contributed by atoms with Gasteiger partial charge in [-0.05, 0) is 47.7 Å². The van der Waals surface area contributed by atoms with Crippen LogP contribution in [0.15, 0.2) is 18.2 Å². The van der Waals surface area contributed by atoms with Crippen LogP contribution in [0.1, 0.15) is 17.3 Å². The van der Waals surface area contributed by atoms with E-state index in [4.69, 9.17) is 17.3 Å². The Labute approximate surface area is 108 Å². The van der Waals surface area contributed by atoms with E-state index in [0.717, 1.165) is 3.57 Å². The highest BCUT2D eigenvalue weighted by molar-refractivity contribution is 14.1. The zero-order chi connectivity index (χ0) is 11.4. The molecule has 1 aromatic rings. The molecule has 3 N–H and O–H groups in total. The van der Waals surface area contributed by atoms with E-state index in [1.807, 2.05) is 6.92 Å². The Hall–Kier alpha value is -0.330. The molecule has 0 saturated heterocycles. The van der Waals surface area contributed by atoms with Gasteiger partial charge in [0.15, 0.2) is 0 Å². The number of hydrogen-bond donors (Lipinski definition) is 2. The predicted molar refractivity (Wildman–Crippen MR) is 70.2 cm³/mol. The molecular weight excluding hydrogens is 326 g/mol. The van der Waals surface area contributed by atoms with Crippen molar-refractivity contribution in [1.82, 2.24) is 5.32 Å². The average Bonchev–Trinajstić information content (AvgIpc) is 2.21. The van der Waals surface area contributed by atoms with Crippen molar-refractivity contribution in [2.75, 3.05) is 6.54 Å². The molecule has 0 radical (unpaired) electrons. The van der Waals surface area contributed by atoms with Gasteiger partial charge in [-0.1, -0.05) is 11.6 Å². The Morgan fingerprint density at radius 1 is 1.67 bits per heavy atom. The monoisotopic (exact) mass is 338 g/mol. The summed E-state index contributed by atoms with van der Waals surface area (Å²) in [5.41, 5.74) is 6.02. The van der Waals surface area contributed by atoms with E-state index in [9.17, 15) is 4.79 Å². The summed E-state index contributed by atoms with van der Waals surface area (Å²) in [6.07, 6.45) is 0. The van der Waals surface area contributed by atoms with Crippen LogP contribution in [0, 0.1) is 3.57 Å². The van der Waals surface area contributed by atoms with Gasteiger partial charge in [-0.3, -0.25) is 4.79 Å². The minimum Gasteiger partial charge on any atom is -0.348 e. The van der Waals surface area contributed by atoms with Gasteiger partial charge in [-0.2, -0.15) is 0 Å². The minimum atomic E-state index is -0.123. The Balaban J connectivity index is 2.78. The van der Waals surface area contributed by atoms with Crippen LogP contribution in [-0.4, -0.2) is 18.5 Å². The molecule has 3 nitrogen and oxygen atoms in total. The SMILES string of the molecule is C[C@@H](CN)NC(=O)c1ccc(Cl)c(I)c1. The second kappa shape index (κ2) is 5.67. The molecule has 0 fully saturated rings. The first-order valence-electron chi connectivity index (χ1n) is 4.50. The van der Waals surface area contributed by atoms with E-state index in [1.54, 1.807) is 18.2 Å². The average molecular weight is 339 g/mol. The van der Waals surface area contributed by atoms with Gasteiger partial charge in [0, 0.05) is 21.7 Å². The molecule has 5 heteroatoms. The van der Waals surface area contributed by atoms with Crippen LogP contribution in [0.25, 0.3) is 0 Å². The third-order valence-electron chi connectivity index (χ3n) is 1.91. The Bertz CT molecular complexity index is 370. The lowest BCUT2D eigenvalue weighted by atomic mass is 10.2. The maximum absolute atomic E-state index is 11.7. The highest BCUT2D eigenvalue weighted by atomic mass is 127. The quantitative estimate of drug-likeness (QED) is 0.829. The third kappa shape index (κ3) is 3.62. The molecule has 82 valence electrons. The number of nitrogens with two attached hydrogens (primary N) is 1. The van der Waals surface area contributed by atoms with Crippen LogP contribution in [0.5, 0.6) is 0 Å². The standard InChI is InChI=1S/C10H12ClIN2O/c1-6(5-13)14-10(15)7-2-3-8(11)9(12)4-7/h2-4,6H,5,13H2,1H3,(H,14,15)/t6-/m0/s1. The molecule has 0 heterocycles. The first-order valence-corrected chi connectivity index (χ1v) is 5.96. The zero-order valence-corrected chi connectivity index (χ0v) is 11.2. The number of amides is 1. The summed E-state index contributed by atoms with van der Waals surface area (Å²) in [5.74, 6) is -0.123. The number of carbonyl (C=O) groups excluding carboxylic acids is 1. The Kier molecular flexibility index (Phi) is 4.82. The molecule has 0 bridgehead atoms. The zero-order valence-electron chi connectivity index (χ0n) is 8.26. The fourth-order valence-electron chi connectivity index (χ4n) is 1.00. The van der Waals surface area contributed by atoms with Crippen LogP contribution in [0.3, 0.4) is 0 Å².